The smallest absolute Gasteiger partial charge is 0.254 e. The molecule has 1 aromatic heterocycles. The van der Waals surface area contributed by atoms with Crippen molar-refractivity contribution in [1.82, 2.24) is 9.80 Å². The number of amides is 2. The third-order valence-corrected chi connectivity index (χ3v) is 5.21. The molecule has 0 aliphatic rings. The number of carbonyl (C=O) groups is 2. The van der Waals surface area contributed by atoms with E-state index in [2.05, 4.69) is 0 Å². The number of aryl methyl sites for hydroxylation is 1. The lowest BCUT2D eigenvalue weighted by molar-refractivity contribution is -0.133. The zero-order valence-electron chi connectivity index (χ0n) is 18.0. The molecule has 0 atom stereocenters. The summed E-state index contributed by atoms with van der Waals surface area (Å²) in [5.41, 5.74) is 1.47. The second-order valence-corrected chi connectivity index (χ2v) is 8.22. The summed E-state index contributed by atoms with van der Waals surface area (Å²) in [6.45, 7) is 6.39. The van der Waals surface area contributed by atoms with E-state index in [9.17, 15) is 9.59 Å². The first kappa shape index (κ1) is 22.6. The number of benzene rings is 2. The summed E-state index contributed by atoms with van der Waals surface area (Å²) in [6.07, 6.45) is 0. The minimum absolute atomic E-state index is 0.0322. The van der Waals surface area contributed by atoms with Crippen molar-refractivity contribution in [1.29, 1.82) is 0 Å². The predicted octanol–water partition coefficient (Wildman–Crippen LogP) is 5.32. The Morgan fingerprint density at radius 1 is 0.968 bits per heavy atom. The van der Waals surface area contributed by atoms with Gasteiger partial charge in [0.05, 0.1) is 6.54 Å². The van der Waals surface area contributed by atoms with Gasteiger partial charge in [-0.25, -0.2) is 0 Å². The fraction of sp³-hybridized carbons (Fsp3) is 0.280. The molecule has 0 bridgehead atoms. The van der Waals surface area contributed by atoms with Crippen LogP contribution in [0.5, 0.6) is 0 Å². The van der Waals surface area contributed by atoms with E-state index in [1.54, 1.807) is 34.1 Å². The Balaban J connectivity index is 1.81. The average molecular weight is 439 g/mol. The van der Waals surface area contributed by atoms with Crippen LogP contribution in [-0.2, 0) is 17.9 Å². The van der Waals surface area contributed by atoms with Crippen LogP contribution in [0.1, 0.15) is 41.3 Å². The first-order chi connectivity index (χ1) is 14.8. The van der Waals surface area contributed by atoms with Crippen LogP contribution < -0.4 is 0 Å². The highest BCUT2D eigenvalue weighted by Gasteiger charge is 2.25. The van der Waals surface area contributed by atoms with Gasteiger partial charge >= 0.3 is 0 Å². The maximum atomic E-state index is 13.3. The fourth-order valence-electron chi connectivity index (χ4n) is 3.32. The van der Waals surface area contributed by atoms with Crippen LogP contribution in [0.15, 0.2) is 71.1 Å². The van der Waals surface area contributed by atoms with Crippen LogP contribution in [0.2, 0.25) is 5.02 Å². The monoisotopic (exact) mass is 438 g/mol. The number of halogens is 1. The molecule has 162 valence electrons. The molecular weight excluding hydrogens is 412 g/mol. The van der Waals surface area contributed by atoms with Crippen molar-refractivity contribution in [3.05, 3.63) is 94.4 Å². The molecule has 2 aromatic carbocycles. The van der Waals surface area contributed by atoms with E-state index in [-0.39, 0.29) is 24.4 Å². The predicted molar refractivity (Wildman–Crippen MR) is 122 cm³/mol. The van der Waals surface area contributed by atoms with Crippen LogP contribution in [0.25, 0.3) is 0 Å². The van der Waals surface area contributed by atoms with Gasteiger partial charge in [0, 0.05) is 23.2 Å². The first-order valence-corrected chi connectivity index (χ1v) is 10.6. The highest BCUT2D eigenvalue weighted by atomic mass is 35.5. The van der Waals surface area contributed by atoms with Crippen molar-refractivity contribution in [2.45, 2.75) is 39.9 Å². The molecule has 0 saturated heterocycles. The largest absolute Gasteiger partial charge is 0.464 e. The molecule has 0 radical (unpaired) electrons. The Bertz CT molecular complexity index is 1030. The number of carbonyl (C=O) groups excluding carboxylic acids is 2. The Morgan fingerprint density at radius 2 is 1.71 bits per heavy atom. The molecule has 2 amide bonds. The van der Waals surface area contributed by atoms with Gasteiger partial charge in [-0.1, -0.05) is 48.0 Å². The van der Waals surface area contributed by atoms with Crippen LogP contribution in [0.3, 0.4) is 0 Å². The van der Waals surface area contributed by atoms with Crippen molar-refractivity contribution in [2.75, 3.05) is 6.54 Å². The minimum atomic E-state index is -0.223. The molecule has 0 unspecified atom stereocenters. The van der Waals surface area contributed by atoms with Crippen molar-refractivity contribution in [2.24, 2.45) is 0 Å². The Labute approximate surface area is 188 Å². The number of hydrogen-bond donors (Lipinski definition) is 0. The lowest BCUT2D eigenvalue weighted by Crippen LogP contribution is -2.45. The molecular formula is C25H27ClN2O3. The van der Waals surface area contributed by atoms with Gasteiger partial charge in [-0.3, -0.25) is 9.59 Å². The van der Waals surface area contributed by atoms with Crippen molar-refractivity contribution >= 4 is 23.4 Å². The first-order valence-electron chi connectivity index (χ1n) is 10.3. The quantitative estimate of drug-likeness (QED) is 0.478. The molecule has 0 fully saturated rings. The van der Waals surface area contributed by atoms with Crippen molar-refractivity contribution in [3.63, 3.8) is 0 Å². The zero-order chi connectivity index (χ0) is 22.4. The summed E-state index contributed by atoms with van der Waals surface area (Å²) in [4.78, 5) is 29.7. The van der Waals surface area contributed by atoms with Crippen molar-refractivity contribution in [3.8, 4) is 0 Å². The molecule has 0 aliphatic heterocycles. The Kier molecular flexibility index (Phi) is 7.53. The maximum absolute atomic E-state index is 13.3. The van der Waals surface area contributed by atoms with Gasteiger partial charge in [0.2, 0.25) is 5.91 Å². The molecule has 0 N–H and O–H groups in total. The van der Waals surface area contributed by atoms with E-state index < -0.39 is 0 Å². The summed E-state index contributed by atoms with van der Waals surface area (Å²) in [5.74, 6) is 1.13. The van der Waals surface area contributed by atoms with Crippen LogP contribution in [0, 0.1) is 6.92 Å². The van der Waals surface area contributed by atoms with Gasteiger partial charge in [-0.15, -0.1) is 0 Å². The van der Waals surface area contributed by atoms with Crippen LogP contribution in [0.4, 0.5) is 0 Å². The molecule has 0 saturated carbocycles. The number of rotatable bonds is 8. The van der Waals surface area contributed by atoms with E-state index >= 15 is 0 Å². The second kappa shape index (κ2) is 10.3. The van der Waals surface area contributed by atoms with Gasteiger partial charge in [0.25, 0.3) is 5.91 Å². The lowest BCUT2D eigenvalue weighted by Gasteiger charge is -2.30. The number of nitrogens with zero attached hydrogens (tertiary/aromatic N) is 2. The molecule has 6 heteroatoms. The van der Waals surface area contributed by atoms with Gasteiger partial charge in [-0.2, -0.15) is 0 Å². The Hall–Kier alpha value is -3.05. The standard InChI is InChI=1S/C25H27ClN2O3/c1-18(2)28(25(30)21-10-7-11-22(26)14-21)17-24(29)27(15-20-8-5-4-6-9-20)16-23-13-12-19(3)31-23/h4-14,18H,15-17H2,1-3H3. The van der Waals surface area contributed by atoms with Gasteiger partial charge in [0.1, 0.15) is 18.1 Å². The molecule has 0 spiro atoms. The molecule has 3 rings (SSSR count). The minimum Gasteiger partial charge on any atom is -0.464 e. The SMILES string of the molecule is Cc1ccc(CN(Cc2ccccc2)C(=O)CN(C(=O)c2cccc(Cl)c2)C(C)C)o1. The van der Waals surface area contributed by atoms with Crippen LogP contribution >= 0.6 is 11.6 Å². The number of furan rings is 1. The average Bonchev–Trinajstić information content (AvgIpc) is 3.16. The summed E-state index contributed by atoms with van der Waals surface area (Å²) < 4.78 is 5.70. The summed E-state index contributed by atoms with van der Waals surface area (Å²) in [7, 11) is 0. The maximum Gasteiger partial charge on any atom is 0.254 e. The highest BCUT2D eigenvalue weighted by Crippen LogP contribution is 2.17. The topological polar surface area (TPSA) is 53.8 Å². The van der Waals surface area contributed by atoms with E-state index in [4.69, 9.17) is 16.0 Å². The summed E-state index contributed by atoms with van der Waals surface area (Å²) in [5, 5.41) is 0.486. The summed E-state index contributed by atoms with van der Waals surface area (Å²) in [6, 6.07) is 20.2. The van der Waals surface area contributed by atoms with E-state index in [0.717, 1.165) is 11.3 Å². The zero-order valence-corrected chi connectivity index (χ0v) is 18.8. The van der Waals surface area contributed by atoms with Gasteiger partial charge < -0.3 is 14.2 Å². The Morgan fingerprint density at radius 3 is 2.32 bits per heavy atom. The lowest BCUT2D eigenvalue weighted by atomic mass is 10.1. The van der Waals surface area contributed by atoms with E-state index in [1.807, 2.05) is 63.2 Å². The normalized spacial score (nSPS) is 10.9. The third kappa shape index (κ3) is 6.22. The van der Waals surface area contributed by atoms with Crippen molar-refractivity contribution < 1.29 is 14.0 Å². The van der Waals surface area contributed by atoms with Crippen LogP contribution in [-0.4, -0.2) is 34.2 Å². The van der Waals surface area contributed by atoms with E-state index in [1.165, 1.54) is 0 Å². The van der Waals surface area contributed by atoms with Gasteiger partial charge in [-0.05, 0) is 56.7 Å². The fourth-order valence-corrected chi connectivity index (χ4v) is 3.51. The highest BCUT2D eigenvalue weighted by molar-refractivity contribution is 6.31. The second-order valence-electron chi connectivity index (χ2n) is 7.78. The molecule has 0 aliphatic carbocycles. The molecule has 1 heterocycles. The summed E-state index contributed by atoms with van der Waals surface area (Å²) >= 11 is 6.06. The third-order valence-electron chi connectivity index (χ3n) is 4.97. The molecule has 31 heavy (non-hydrogen) atoms. The van der Waals surface area contributed by atoms with Gasteiger partial charge in [0.15, 0.2) is 0 Å². The molecule has 5 nitrogen and oxygen atoms in total. The molecule has 3 aromatic rings. The van der Waals surface area contributed by atoms with E-state index in [0.29, 0.717) is 29.4 Å². The number of hydrogen-bond acceptors (Lipinski definition) is 3.